The molecule has 0 fully saturated rings. The summed E-state index contributed by atoms with van der Waals surface area (Å²) >= 11 is 1.32. The Labute approximate surface area is 155 Å². The number of carbonyl (C=O) groups excluding carboxylic acids is 1. The van der Waals surface area contributed by atoms with Gasteiger partial charge in [-0.2, -0.15) is 0 Å². The van der Waals surface area contributed by atoms with Crippen LogP contribution in [0, 0.1) is 0 Å². The summed E-state index contributed by atoms with van der Waals surface area (Å²) in [6.45, 7) is 0.254. The van der Waals surface area contributed by atoms with Crippen LogP contribution < -0.4 is 19.5 Å². The summed E-state index contributed by atoms with van der Waals surface area (Å²) in [4.78, 5) is 17.0. The normalized spacial score (nSPS) is 10.2. The predicted molar refractivity (Wildman–Crippen MR) is 100 cm³/mol. The molecule has 0 bridgehead atoms. The van der Waals surface area contributed by atoms with E-state index in [1.807, 2.05) is 23.6 Å². The van der Waals surface area contributed by atoms with Gasteiger partial charge in [-0.15, -0.1) is 11.3 Å². The molecule has 6 nitrogen and oxygen atoms in total. The van der Waals surface area contributed by atoms with Gasteiger partial charge in [-0.05, 0) is 41.8 Å². The molecule has 0 saturated heterocycles. The Bertz CT molecular complexity index is 880. The van der Waals surface area contributed by atoms with E-state index < -0.39 is 0 Å². The van der Waals surface area contributed by atoms with Crippen LogP contribution in [0.5, 0.6) is 17.2 Å². The van der Waals surface area contributed by atoms with Crippen molar-refractivity contribution in [2.24, 2.45) is 0 Å². The number of carbonyl (C=O) groups is 1. The van der Waals surface area contributed by atoms with Gasteiger partial charge in [0.15, 0.2) is 0 Å². The maximum Gasteiger partial charge on any atom is 0.269 e. The fourth-order valence-corrected chi connectivity index (χ4v) is 3.08. The smallest absolute Gasteiger partial charge is 0.269 e. The van der Waals surface area contributed by atoms with Crippen LogP contribution in [-0.4, -0.2) is 25.1 Å². The van der Waals surface area contributed by atoms with Crippen LogP contribution in [0.3, 0.4) is 0 Å². The van der Waals surface area contributed by atoms with Gasteiger partial charge in [0, 0.05) is 11.8 Å². The fraction of sp³-hybridized carbons (Fsp3) is 0.158. The van der Waals surface area contributed by atoms with Crippen LogP contribution >= 0.6 is 11.3 Å². The van der Waals surface area contributed by atoms with Crippen molar-refractivity contribution < 1.29 is 19.0 Å². The monoisotopic (exact) mass is 370 g/mol. The Morgan fingerprint density at radius 3 is 2.77 bits per heavy atom. The molecule has 3 rings (SSSR count). The molecule has 26 heavy (non-hydrogen) atoms. The number of thiophene rings is 1. The quantitative estimate of drug-likeness (QED) is 0.681. The van der Waals surface area contributed by atoms with Crippen LogP contribution in [0.4, 0.5) is 5.69 Å². The van der Waals surface area contributed by atoms with Crippen molar-refractivity contribution in [3.63, 3.8) is 0 Å². The lowest BCUT2D eigenvalue weighted by molar-refractivity contribution is 0.102. The molecule has 7 heteroatoms. The van der Waals surface area contributed by atoms with Crippen molar-refractivity contribution in [2.45, 2.75) is 6.61 Å². The molecule has 0 unspecified atom stereocenters. The third-order valence-electron chi connectivity index (χ3n) is 3.63. The molecule has 2 aromatic heterocycles. The van der Waals surface area contributed by atoms with Gasteiger partial charge in [0.1, 0.15) is 28.7 Å². The van der Waals surface area contributed by atoms with E-state index >= 15 is 0 Å². The fourth-order valence-electron chi connectivity index (χ4n) is 2.35. The minimum Gasteiger partial charge on any atom is -0.497 e. The van der Waals surface area contributed by atoms with E-state index in [-0.39, 0.29) is 12.5 Å². The molecule has 0 spiro atoms. The van der Waals surface area contributed by atoms with Crippen molar-refractivity contribution in [3.8, 4) is 17.2 Å². The summed E-state index contributed by atoms with van der Waals surface area (Å²) in [6.07, 6.45) is 3.24. The lowest BCUT2D eigenvalue weighted by Crippen LogP contribution is -2.12. The minimum atomic E-state index is -0.236. The van der Waals surface area contributed by atoms with Crippen molar-refractivity contribution in [3.05, 3.63) is 64.6 Å². The number of anilines is 1. The molecule has 3 aromatic rings. The molecule has 134 valence electrons. The van der Waals surface area contributed by atoms with Crippen LogP contribution in [0.1, 0.15) is 15.2 Å². The van der Waals surface area contributed by atoms with E-state index in [4.69, 9.17) is 14.2 Å². The Kier molecular flexibility index (Phi) is 5.70. The second-order valence-electron chi connectivity index (χ2n) is 5.28. The summed E-state index contributed by atoms with van der Waals surface area (Å²) in [5, 5.41) is 4.62. The molecule has 0 saturated carbocycles. The number of benzene rings is 1. The van der Waals surface area contributed by atoms with Crippen LogP contribution in [0.15, 0.2) is 54.2 Å². The van der Waals surface area contributed by atoms with E-state index in [9.17, 15) is 4.79 Å². The largest absolute Gasteiger partial charge is 0.497 e. The molecule has 2 heterocycles. The number of hydrogen-bond acceptors (Lipinski definition) is 6. The molecule has 1 amide bonds. The second kappa shape index (κ2) is 8.35. The number of aromatic nitrogens is 1. The molecular weight excluding hydrogens is 352 g/mol. The zero-order valence-corrected chi connectivity index (χ0v) is 15.2. The summed E-state index contributed by atoms with van der Waals surface area (Å²) in [6, 6.07) is 10.8. The summed E-state index contributed by atoms with van der Waals surface area (Å²) < 4.78 is 16.5. The summed E-state index contributed by atoms with van der Waals surface area (Å²) in [5.74, 6) is 1.69. The van der Waals surface area contributed by atoms with E-state index in [0.717, 1.165) is 5.56 Å². The Morgan fingerprint density at radius 1 is 1.15 bits per heavy atom. The third kappa shape index (κ3) is 4.12. The van der Waals surface area contributed by atoms with Gasteiger partial charge >= 0.3 is 0 Å². The predicted octanol–water partition coefficient (Wildman–Crippen LogP) is 3.99. The zero-order chi connectivity index (χ0) is 18.4. The van der Waals surface area contributed by atoms with Crippen molar-refractivity contribution in [1.82, 2.24) is 4.98 Å². The highest BCUT2D eigenvalue weighted by molar-refractivity contribution is 7.12. The maximum atomic E-state index is 12.5. The van der Waals surface area contributed by atoms with Crippen LogP contribution in [0.25, 0.3) is 0 Å². The molecule has 0 atom stereocenters. The van der Waals surface area contributed by atoms with Gasteiger partial charge in [0.05, 0.1) is 26.1 Å². The number of ether oxygens (including phenoxy) is 3. The van der Waals surface area contributed by atoms with Gasteiger partial charge in [-0.25, -0.2) is 0 Å². The lowest BCUT2D eigenvalue weighted by Gasteiger charge is -2.12. The highest BCUT2D eigenvalue weighted by atomic mass is 32.1. The van der Waals surface area contributed by atoms with E-state index in [2.05, 4.69) is 10.3 Å². The average molecular weight is 370 g/mol. The van der Waals surface area contributed by atoms with E-state index in [1.165, 1.54) is 11.3 Å². The molecule has 0 aliphatic carbocycles. The lowest BCUT2D eigenvalue weighted by atomic mass is 10.2. The van der Waals surface area contributed by atoms with Gasteiger partial charge in [-0.3, -0.25) is 9.78 Å². The molecule has 0 aliphatic heterocycles. The van der Waals surface area contributed by atoms with Gasteiger partial charge in [0.2, 0.25) is 0 Å². The first kappa shape index (κ1) is 17.8. The minimum absolute atomic E-state index is 0.236. The Hall–Kier alpha value is -3.06. The standard InChI is InChI=1S/C19H18N2O4S/c1-23-15-5-6-16(24-2)13(10-15)12-25-17-7-9-26-18(17)19(22)21-14-4-3-8-20-11-14/h3-11H,12H2,1-2H3,(H,21,22). The maximum absolute atomic E-state index is 12.5. The molecule has 0 radical (unpaired) electrons. The number of methoxy groups -OCH3 is 2. The van der Waals surface area contributed by atoms with E-state index in [1.54, 1.807) is 44.8 Å². The Morgan fingerprint density at radius 2 is 2.04 bits per heavy atom. The van der Waals surface area contributed by atoms with Crippen LogP contribution in [-0.2, 0) is 6.61 Å². The molecule has 1 N–H and O–H groups in total. The van der Waals surface area contributed by atoms with Gasteiger partial charge in [-0.1, -0.05) is 0 Å². The highest BCUT2D eigenvalue weighted by Crippen LogP contribution is 2.29. The molecular formula is C19H18N2O4S. The third-order valence-corrected chi connectivity index (χ3v) is 4.52. The number of nitrogens with one attached hydrogen (secondary N) is 1. The first-order valence-corrected chi connectivity index (χ1v) is 8.72. The van der Waals surface area contributed by atoms with Crippen molar-refractivity contribution >= 4 is 22.9 Å². The number of amides is 1. The first-order valence-electron chi connectivity index (χ1n) is 7.84. The van der Waals surface area contributed by atoms with Gasteiger partial charge in [0.25, 0.3) is 5.91 Å². The average Bonchev–Trinajstić information content (AvgIpc) is 3.15. The number of hydrogen-bond donors (Lipinski definition) is 1. The zero-order valence-electron chi connectivity index (χ0n) is 14.4. The molecule has 1 aromatic carbocycles. The Balaban J connectivity index is 1.72. The first-order chi connectivity index (χ1) is 12.7. The number of rotatable bonds is 7. The topological polar surface area (TPSA) is 69.7 Å². The number of pyridine rings is 1. The summed E-state index contributed by atoms with van der Waals surface area (Å²) in [7, 11) is 3.20. The highest BCUT2D eigenvalue weighted by Gasteiger charge is 2.16. The number of nitrogens with zero attached hydrogens (tertiary/aromatic N) is 1. The van der Waals surface area contributed by atoms with Crippen molar-refractivity contribution in [1.29, 1.82) is 0 Å². The molecule has 0 aliphatic rings. The van der Waals surface area contributed by atoms with Gasteiger partial charge < -0.3 is 19.5 Å². The summed E-state index contributed by atoms with van der Waals surface area (Å²) in [5.41, 5.74) is 1.46. The van der Waals surface area contributed by atoms with Crippen molar-refractivity contribution in [2.75, 3.05) is 19.5 Å². The SMILES string of the molecule is COc1ccc(OC)c(COc2ccsc2C(=O)Nc2cccnc2)c1. The van der Waals surface area contributed by atoms with Crippen LogP contribution in [0.2, 0.25) is 0 Å². The second-order valence-corrected chi connectivity index (χ2v) is 6.19. The van der Waals surface area contributed by atoms with E-state index in [0.29, 0.717) is 27.8 Å².